The Morgan fingerprint density at radius 3 is 2.68 bits per heavy atom. The molecule has 1 aromatic rings. The van der Waals surface area contributed by atoms with Crippen molar-refractivity contribution in [3.8, 4) is 6.07 Å². The Kier molecular flexibility index (Phi) is 3.38. The minimum atomic E-state index is -0.220. The molecule has 4 nitrogen and oxygen atoms in total. The van der Waals surface area contributed by atoms with Crippen LogP contribution in [0.1, 0.15) is 19.4 Å². The van der Waals surface area contributed by atoms with Gasteiger partial charge in [-0.2, -0.15) is 5.26 Å². The van der Waals surface area contributed by atoms with Crippen LogP contribution in [0.4, 0.5) is 5.69 Å². The molecule has 1 heterocycles. The number of hydrogen-bond donors (Lipinski definition) is 1. The van der Waals surface area contributed by atoms with E-state index < -0.39 is 0 Å². The van der Waals surface area contributed by atoms with Crippen LogP contribution in [-0.4, -0.2) is 17.8 Å². The fourth-order valence-corrected chi connectivity index (χ4v) is 2.53. The van der Waals surface area contributed by atoms with Gasteiger partial charge < -0.3 is 10.6 Å². The van der Waals surface area contributed by atoms with Crippen LogP contribution in [0.2, 0.25) is 0 Å². The average Bonchev–Trinajstić information content (AvgIpc) is 2.41. The zero-order chi connectivity index (χ0) is 14.2. The largest absolute Gasteiger partial charge is 0.389 e. The van der Waals surface area contributed by atoms with E-state index in [9.17, 15) is 0 Å². The van der Waals surface area contributed by atoms with E-state index in [1.165, 1.54) is 0 Å². The van der Waals surface area contributed by atoms with Crippen molar-refractivity contribution in [1.82, 2.24) is 4.90 Å². The number of nitrogens with two attached hydrogens (primary N) is 1. The van der Waals surface area contributed by atoms with Gasteiger partial charge in [-0.1, -0.05) is 18.2 Å². The molecule has 19 heavy (non-hydrogen) atoms. The number of rotatable bonds is 1. The first-order valence-corrected chi connectivity index (χ1v) is 6.66. The maximum absolute atomic E-state index is 8.91. The van der Waals surface area contributed by atoms with Gasteiger partial charge in [0.15, 0.2) is 0 Å². The highest BCUT2D eigenvalue weighted by Crippen LogP contribution is 2.40. The molecule has 0 radical (unpaired) electrons. The number of hydrogen-bond acceptors (Lipinski definition) is 4. The molecule has 2 N–H and O–H groups in total. The summed E-state index contributed by atoms with van der Waals surface area (Å²) in [6.45, 7) is 4.23. The summed E-state index contributed by atoms with van der Waals surface area (Å²) in [6, 6.07) is 9.92. The lowest BCUT2D eigenvalue weighted by Crippen LogP contribution is -2.45. The van der Waals surface area contributed by atoms with Crippen LogP contribution in [0.5, 0.6) is 0 Å². The number of nitriles is 1. The summed E-state index contributed by atoms with van der Waals surface area (Å²) in [5, 5.41) is 8.91. The Morgan fingerprint density at radius 2 is 2.05 bits per heavy atom. The second kappa shape index (κ2) is 4.71. The van der Waals surface area contributed by atoms with Crippen molar-refractivity contribution < 1.29 is 0 Å². The SMILES string of the molecule is CN1C(C(Br)=C(N)C#N)=Nc2ccccc2C1(C)C. The molecule has 0 atom stereocenters. The van der Waals surface area contributed by atoms with Gasteiger partial charge in [-0.15, -0.1) is 0 Å². The van der Waals surface area contributed by atoms with Crippen molar-refractivity contribution in [2.24, 2.45) is 10.7 Å². The lowest BCUT2D eigenvalue weighted by atomic mass is 9.89. The summed E-state index contributed by atoms with van der Waals surface area (Å²) in [6.07, 6.45) is 0. The quantitative estimate of drug-likeness (QED) is 0.809. The summed E-state index contributed by atoms with van der Waals surface area (Å²) in [5.74, 6) is 0.669. The molecule has 0 bridgehead atoms. The summed E-state index contributed by atoms with van der Waals surface area (Å²) in [5.41, 5.74) is 7.64. The number of para-hydroxylation sites is 1. The van der Waals surface area contributed by atoms with Gasteiger partial charge in [0.25, 0.3) is 0 Å². The molecule has 98 valence electrons. The first-order chi connectivity index (χ1) is 8.89. The Balaban J connectivity index is 2.67. The van der Waals surface area contributed by atoms with Gasteiger partial charge >= 0.3 is 0 Å². The summed E-state index contributed by atoms with van der Waals surface area (Å²) in [7, 11) is 1.95. The van der Waals surface area contributed by atoms with Crippen LogP contribution < -0.4 is 5.73 Å². The molecule has 0 fully saturated rings. The average molecular weight is 319 g/mol. The predicted molar refractivity (Wildman–Crippen MR) is 80.1 cm³/mol. The normalized spacial score (nSPS) is 18.1. The van der Waals surface area contributed by atoms with E-state index in [1.807, 2.05) is 36.2 Å². The number of aliphatic imine (C=N–C) groups is 1. The number of allylic oxidation sites excluding steroid dienone is 1. The van der Waals surface area contributed by atoms with Crippen molar-refractivity contribution in [2.45, 2.75) is 19.4 Å². The van der Waals surface area contributed by atoms with Crippen LogP contribution >= 0.6 is 15.9 Å². The van der Waals surface area contributed by atoms with Crippen LogP contribution in [0.25, 0.3) is 0 Å². The molecule has 1 aliphatic heterocycles. The molecule has 0 unspecified atom stereocenters. The summed E-state index contributed by atoms with van der Waals surface area (Å²) in [4.78, 5) is 6.62. The summed E-state index contributed by atoms with van der Waals surface area (Å²) < 4.78 is 0.528. The van der Waals surface area contributed by atoms with Crippen LogP contribution in [0, 0.1) is 11.3 Å². The summed E-state index contributed by atoms with van der Waals surface area (Å²) >= 11 is 3.37. The molecule has 0 saturated heterocycles. The fraction of sp³-hybridized carbons (Fsp3) is 0.286. The highest BCUT2D eigenvalue weighted by atomic mass is 79.9. The molecule has 2 rings (SSSR count). The molecule has 0 amide bonds. The minimum absolute atomic E-state index is 0.126. The Bertz CT molecular complexity index is 623. The third kappa shape index (κ3) is 2.13. The third-order valence-electron chi connectivity index (χ3n) is 3.50. The Morgan fingerprint density at radius 1 is 1.42 bits per heavy atom. The van der Waals surface area contributed by atoms with E-state index in [4.69, 9.17) is 11.0 Å². The highest BCUT2D eigenvalue weighted by molar-refractivity contribution is 9.12. The van der Waals surface area contributed by atoms with Crippen LogP contribution in [-0.2, 0) is 5.54 Å². The van der Waals surface area contributed by atoms with E-state index in [0.717, 1.165) is 11.3 Å². The maximum Gasteiger partial charge on any atom is 0.146 e. The predicted octanol–water partition coefficient (Wildman–Crippen LogP) is 2.99. The van der Waals surface area contributed by atoms with Crippen LogP contribution in [0.15, 0.2) is 39.4 Å². The monoisotopic (exact) mass is 318 g/mol. The first-order valence-electron chi connectivity index (χ1n) is 5.87. The molecule has 0 aromatic heterocycles. The van der Waals surface area contributed by atoms with Gasteiger partial charge in [-0.05, 0) is 35.8 Å². The first kappa shape index (κ1) is 13.6. The number of benzene rings is 1. The van der Waals surface area contributed by atoms with Crippen molar-refractivity contribution in [2.75, 3.05) is 7.05 Å². The molecule has 0 spiro atoms. The van der Waals surface area contributed by atoms with Gasteiger partial charge in [0.1, 0.15) is 17.6 Å². The second-order valence-corrected chi connectivity index (χ2v) is 5.70. The zero-order valence-electron chi connectivity index (χ0n) is 11.1. The van der Waals surface area contributed by atoms with Crippen molar-refractivity contribution >= 4 is 27.5 Å². The number of amidine groups is 1. The Hall–Kier alpha value is -1.80. The van der Waals surface area contributed by atoms with E-state index >= 15 is 0 Å². The zero-order valence-corrected chi connectivity index (χ0v) is 12.7. The van der Waals surface area contributed by atoms with Crippen molar-refractivity contribution in [3.05, 3.63) is 40.0 Å². The molecule has 0 aliphatic carbocycles. The molecule has 1 aliphatic rings. The van der Waals surface area contributed by atoms with E-state index in [-0.39, 0.29) is 11.2 Å². The number of halogens is 1. The van der Waals surface area contributed by atoms with Gasteiger partial charge in [-0.25, -0.2) is 4.99 Å². The van der Waals surface area contributed by atoms with Crippen LogP contribution in [0.3, 0.4) is 0 Å². The molecular weight excluding hydrogens is 304 g/mol. The lowest BCUT2D eigenvalue weighted by molar-refractivity contribution is 0.256. The van der Waals surface area contributed by atoms with E-state index in [1.54, 1.807) is 0 Å². The van der Waals surface area contributed by atoms with Gasteiger partial charge in [0.2, 0.25) is 0 Å². The molecule has 5 heteroatoms. The molecule has 0 saturated carbocycles. The highest BCUT2D eigenvalue weighted by Gasteiger charge is 2.35. The van der Waals surface area contributed by atoms with E-state index in [0.29, 0.717) is 10.3 Å². The third-order valence-corrected chi connectivity index (χ3v) is 4.28. The second-order valence-electron chi connectivity index (χ2n) is 4.91. The fourth-order valence-electron chi connectivity index (χ4n) is 2.09. The number of nitrogens with zero attached hydrogens (tertiary/aromatic N) is 3. The maximum atomic E-state index is 8.91. The van der Waals surface area contributed by atoms with Gasteiger partial charge in [0, 0.05) is 12.6 Å². The number of likely N-dealkylation sites (N-methyl/N-ethyl adjacent to an activating group) is 1. The number of fused-ring (bicyclic) bond motifs is 1. The Labute approximate surface area is 121 Å². The van der Waals surface area contributed by atoms with Crippen molar-refractivity contribution in [3.63, 3.8) is 0 Å². The smallest absolute Gasteiger partial charge is 0.146 e. The van der Waals surface area contributed by atoms with Gasteiger partial charge in [0.05, 0.1) is 15.7 Å². The standard InChI is InChI=1S/C14H15BrN4/c1-14(2)9-6-4-5-7-11(9)18-13(19(14)3)12(15)10(17)8-16/h4-7H,17H2,1-3H3. The van der Waals surface area contributed by atoms with E-state index in [2.05, 4.69) is 40.8 Å². The topological polar surface area (TPSA) is 65.4 Å². The lowest BCUT2D eigenvalue weighted by Gasteiger charge is -2.42. The molecular formula is C14H15BrN4. The molecule has 1 aromatic carbocycles. The van der Waals surface area contributed by atoms with Crippen molar-refractivity contribution in [1.29, 1.82) is 5.26 Å². The minimum Gasteiger partial charge on any atom is -0.389 e. The van der Waals surface area contributed by atoms with Gasteiger partial charge in [-0.3, -0.25) is 0 Å².